The minimum atomic E-state index is 0.322. The molecule has 0 bridgehead atoms. The Morgan fingerprint density at radius 3 is 3.10 bits per heavy atom. The Balaban J connectivity index is 1.76. The van der Waals surface area contributed by atoms with Crippen LogP contribution in [0.4, 0.5) is 0 Å². The van der Waals surface area contributed by atoms with Crippen molar-refractivity contribution in [3.05, 3.63) is 58.3 Å². The number of pyridine rings is 1. The van der Waals surface area contributed by atoms with Gasteiger partial charge in [0.05, 0.1) is 12.3 Å². The van der Waals surface area contributed by atoms with Crippen LogP contribution in [0, 0.1) is 0 Å². The molecule has 1 unspecified atom stereocenters. The zero-order chi connectivity index (χ0) is 13.8. The maximum Gasteiger partial charge on any atom is 0.125 e. The summed E-state index contributed by atoms with van der Waals surface area (Å²) in [6, 6.07) is 12.6. The highest BCUT2D eigenvalue weighted by Crippen LogP contribution is 2.33. The van der Waals surface area contributed by atoms with E-state index in [4.69, 9.17) is 4.74 Å². The Morgan fingerprint density at radius 1 is 1.30 bits per heavy atom. The van der Waals surface area contributed by atoms with Crippen LogP contribution in [0.15, 0.2) is 47.1 Å². The van der Waals surface area contributed by atoms with Crippen LogP contribution >= 0.6 is 15.9 Å². The third-order valence-electron chi connectivity index (χ3n) is 3.50. The molecule has 1 atom stereocenters. The summed E-state index contributed by atoms with van der Waals surface area (Å²) in [7, 11) is 0. The first-order valence-electron chi connectivity index (χ1n) is 6.88. The molecule has 104 valence electrons. The van der Waals surface area contributed by atoms with Gasteiger partial charge >= 0.3 is 0 Å². The minimum absolute atomic E-state index is 0.322. The molecule has 1 aliphatic rings. The molecule has 0 amide bonds. The fraction of sp³-hybridized carbons (Fsp3) is 0.312. The number of halogens is 1. The molecule has 1 N–H and O–H groups in total. The number of rotatable bonds is 3. The Labute approximate surface area is 127 Å². The van der Waals surface area contributed by atoms with Crippen molar-refractivity contribution in [3.63, 3.8) is 0 Å². The second-order valence-electron chi connectivity index (χ2n) is 4.93. The highest BCUT2D eigenvalue weighted by atomic mass is 79.9. The zero-order valence-electron chi connectivity index (χ0n) is 11.2. The molecule has 2 aromatic rings. The van der Waals surface area contributed by atoms with Gasteiger partial charge in [0.25, 0.3) is 0 Å². The van der Waals surface area contributed by atoms with Gasteiger partial charge in [0.1, 0.15) is 5.75 Å². The highest BCUT2D eigenvalue weighted by molar-refractivity contribution is 9.10. The van der Waals surface area contributed by atoms with Crippen LogP contribution in [0.3, 0.4) is 0 Å². The molecule has 1 aromatic carbocycles. The number of fused-ring (bicyclic) bond motifs is 1. The fourth-order valence-corrected chi connectivity index (χ4v) is 2.83. The van der Waals surface area contributed by atoms with E-state index in [1.165, 1.54) is 5.56 Å². The smallest absolute Gasteiger partial charge is 0.125 e. The summed E-state index contributed by atoms with van der Waals surface area (Å²) in [5.74, 6) is 0.982. The predicted molar refractivity (Wildman–Crippen MR) is 82.7 cm³/mol. The van der Waals surface area contributed by atoms with Gasteiger partial charge in [-0.05, 0) is 37.1 Å². The van der Waals surface area contributed by atoms with Gasteiger partial charge in [-0.15, -0.1) is 0 Å². The lowest BCUT2D eigenvalue weighted by Crippen LogP contribution is -2.21. The molecule has 4 heteroatoms. The molecule has 1 aliphatic heterocycles. The monoisotopic (exact) mass is 332 g/mol. The largest absolute Gasteiger partial charge is 0.493 e. The van der Waals surface area contributed by atoms with E-state index >= 15 is 0 Å². The van der Waals surface area contributed by atoms with E-state index in [1.54, 1.807) is 0 Å². The third kappa shape index (κ3) is 3.19. The molecule has 2 heterocycles. The third-order valence-corrected chi connectivity index (χ3v) is 3.99. The van der Waals surface area contributed by atoms with E-state index in [1.807, 2.05) is 24.4 Å². The molecule has 3 nitrogen and oxygen atoms in total. The zero-order valence-corrected chi connectivity index (χ0v) is 12.8. The van der Waals surface area contributed by atoms with E-state index in [9.17, 15) is 0 Å². The van der Waals surface area contributed by atoms with E-state index in [-0.39, 0.29) is 0 Å². The van der Waals surface area contributed by atoms with Gasteiger partial charge < -0.3 is 10.1 Å². The van der Waals surface area contributed by atoms with Gasteiger partial charge in [-0.3, -0.25) is 4.98 Å². The van der Waals surface area contributed by atoms with E-state index in [0.29, 0.717) is 6.04 Å². The van der Waals surface area contributed by atoms with E-state index in [0.717, 1.165) is 41.9 Å². The van der Waals surface area contributed by atoms with Crippen molar-refractivity contribution >= 4 is 15.9 Å². The lowest BCUT2D eigenvalue weighted by atomic mass is 10.0. The van der Waals surface area contributed by atoms with Crippen molar-refractivity contribution in [1.82, 2.24) is 10.3 Å². The summed E-state index contributed by atoms with van der Waals surface area (Å²) in [5, 5.41) is 3.60. The Morgan fingerprint density at radius 2 is 2.25 bits per heavy atom. The van der Waals surface area contributed by atoms with Crippen LogP contribution in [0.5, 0.6) is 5.75 Å². The molecule has 0 saturated heterocycles. The first-order chi connectivity index (χ1) is 9.83. The van der Waals surface area contributed by atoms with E-state index in [2.05, 4.69) is 44.4 Å². The SMILES string of the molecule is Brc1ccc2c(c1)OCCCC2NCc1ccccn1. The highest BCUT2D eigenvalue weighted by Gasteiger charge is 2.19. The summed E-state index contributed by atoms with van der Waals surface area (Å²) >= 11 is 3.50. The fourth-order valence-electron chi connectivity index (χ4n) is 2.49. The van der Waals surface area contributed by atoms with Gasteiger partial charge in [-0.2, -0.15) is 0 Å². The molecular weight excluding hydrogens is 316 g/mol. The molecule has 0 aliphatic carbocycles. The maximum atomic E-state index is 5.83. The molecule has 20 heavy (non-hydrogen) atoms. The number of nitrogens with one attached hydrogen (secondary N) is 1. The van der Waals surface area contributed by atoms with Gasteiger partial charge in [0, 0.05) is 28.8 Å². The van der Waals surface area contributed by atoms with Crippen LogP contribution in [0.1, 0.15) is 30.1 Å². The van der Waals surface area contributed by atoms with Crippen molar-refractivity contribution in [2.45, 2.75) is 25.4 Å². The molecule has 0 spiro atoms. The molecule has 0 radical (unpaired) electrons. The summed E-state index contributed by atoms with van der Waals surface area (Å²) < 4.78 is 6.88. The molecule has 1 aromatic heterocycles. The van der Waals surface area contributed by atoms with Gasteiger partial charge in [-0.1, -0.05) is 28.1 Å². The minimum Gasteiger partial charge on any atom is -0.493 e. The normalized spacial score (nSPS) is 17.9. The van der Waals surface area contributed by atoms with Crippen molar-refractivity contribution in [1.29, 1.82) is 0 Å². The Bertz CT molecular complexity index is 574. The van der Waals surface area contributed by atoms with Crippen molar-refractivity contribution in [2.75, 3.05) is 6.61 Å². The standard InChI is InChI=1S/C16H17BrN2O/c17-12-6-7-14-15(5-3-9-20-16(14)10-12)19-11-13-4-1-2-8-18-13/h1-2,4,6-8,10,15,19H,3,5,9,11H2. The topological polar surface area (TPSA) is 34.1 Å². The lowest BCUT2D eigenvalue weighted by Gasteiger charge is -2.18. The first-order valence-corrected chi connectivity index (χ1v) is 7.68. The summed E-state index contributed by atoms with van der Waals surface area (Å²) in [4.78, 5) is 4.36. The van der Waals surface area contributed by atoms with Crippen LogP contribution < -0.4 is 10.1 Å². The second kappa shape index (κ2) is 6.37. The van der Waals surface area contributed by atoms with Crippen LogP contribution in [0.2, 0.25) is 0 Å². The summed E-state index contributed by atoms with van der Waals surface area (Å²) in [6.45, 7) is 1.56. The van der Waals surface area contributed by atoms with Crippen LogP contribution in [-0.2, 0) is 6.54 Å². The average Bonchev–Trinajstić information content (AvgIpc) is 2.68. The van der Waals surface area contributed by atoms with Crippen molar-refractivity contribution in [2.24, 2.45) is 0 Å². The number of benzene rings is 1. The number of hydrogen-bond acceptors (Lipinski definition) is 3. The quantitative estimate of drug-likeness (QED) is 0.926. The van der Waals surface area contributed by atoms with Crippen LogP contribution in [0.25, 0.3) is 0 Å². The molecule has 3 rings (SSSR count). The van der Waals surface area contributed by atoms with Crippen LogP contribution in [-0.4, -0.2) is 11.6 Å². The Kier molecular flexibility index (Phi) is 4.33. The van der Waals surface area contributed by atoms with E-state index < -0.39 is 0 Å². The Hall–Kier alpha value is -1.39. The number of hydrogen-bond donors (Lipinski definition) is 1. The second-order valence-corrected chi connectivity index (χ2v) is 5.84. The number of nitrogens with zero attached hydrogens (tertiary/aromatic N) is 1. The summed E-state index contributed by atoms with van der Waals surface area (Å²) in [6.07, 6.45) is 3.98. The van der Waals surface area contributed by atoms with Crippen molar-refractivity contribution in [3.8, 4) is 5.75 Å². The molecule has 0 fully saturated rings. The van der Waals surface area contributed by atoms with Gasteiger partial charge in [-0.25, -0.2) is 0 Å². The first kappa shape index (κ1) is 13.6. The van der Waals surface area contributed by atoms with Gasteiger partial charge in [0.2, 0.25) is 0 Å². The average molecular weight is 333 g/mol. The number of ether oxygens (including phenoxy) is 1. The van der Waals surface area contributed by atoms with Crippen molar-refractivity contribution < 1.29 is 4.74 Å². The maximum absolute atomic E-state index is 5.83. The van der Waals surface area contributed by atoms with Gasteiger partial charge in [0.15, 0.2) is 0 Å². The summed E-state index contributed by atoms with van der Waals surface area (Å²) in [5.41, 5.74) is 2.30. The number of aromatic nitrogens is 1. The predicted octanol–water partition coefficient (Wildman–Crippen LogP) is 3.85. The molecule has 0 saturated carbocycles. The molecular formula is C16H17BrN2O. The lowest BCUT2D eigenvalue weighted by molar-refractivity contribution is 0.315.